The Balaban J connectivity index is 1.30. The molecule has 0 spiro atoms. The molecule has 0 fully saturated rings. The monoisotopic (exact) mass is 553 g/mol. The number of anilines is 2. The van der Waals surface area contributed by atoms with Gasteiger partial charge in [-0.1, -0.05) is 47.1 Å². The summed E-state index contributed by atoms with van der Waals surface area (Å²) in [6.45, 7) is 6.12. The zero-order chi connectivity index (χ0) is 27.8. The van der Waals surface area contributed by atoms with E-state index in [1.165, 1.54) is 11.1 Å². The number of benzene rings is 2. The first-order valence-electron chi connectivity index (χ1n) is 13.2. The van der Waals surface area contributed by atoms with Crippen molar-refractivity contribution in [1.29, 1.82) is 0 Å². The Morgan fingerprint density at radius 3 is 2.52 bits per heavy atom. The van der Waals surface area contributed by atoms with Crippen LogP contribution >= 0.6 is 11.6 Å². The second kappa shape index (κ2) is 10.7. The average Bonchev–Trinajstić information content (AvgIpc) is 3.40. The molecular weight excluding hydrogens is 526 g/mol. The van der Waals surface area contributed by atoms with Crippen molar-refractivity contribution in [2.75, 3.05) is 25.5 Å². The van der Waals surface area contributed by atoms with Crippen LogP contribution in [0, 0.1) is 6.92 Å². The summed E-state index contributed by atoms with van der Waals surface area (Å²) in [6, 6.07) is 15.4. The Bertz CT molecular complexity index is 1810. The van der Waals surface area contributed by atoms with E-state index in [0.29, 0.717) is 51.6 Å². The minimum Gasteiger partial charge on any atom is -0.339 e. The zero-order valence-corrected chi connectivity index (χ0v) is 23.2. The summed E-state index contributed by atoms with van der Waals surface area (Å²) in [5, 5.41) is 8.37. The predicted molar refractivity (Wildman–Crippen MR) is 158 cm³/mol. The molecular formula is C30H28ClN7O2. The summed E-state index contributed by atoms with van der Waals surface area (Å²) in [7, 11) is 2.13. The molecule has 1 aliphatic heterocycles. The number of pyridine rings is 1. The molecule has 10 heteroatoms. The van der Waals surface area contributed by atoms with Crippen LogP contribution in [0.3, 0.4) is 0 Å². The second-order valence-corrected chi connectivity index (χ2v) is 10.3. The molecule has 3 aromatic heterocycles. The van der Waals surface area contributed by atoms with Crippen molar-refractivity contribution in [3.05, 3.63) is 87.6 Å². The quantitative estimate of drug-likeness (QED) is 0.275. The predicted octanol–water partition coefficient (Wildman–Crippen LogP) is 5.95. The van der Waals surface area contributed by atoms with Gasteiger partial charge in [0.05, 0.1) is 0 Å². The molecule has 0 radical (unpaired) electrons. The van der Waals surface area contributed by atoms with Gasteiger partial charge in [0, 0.05) is 65.5 Å². The molecule has 0 bridgehead atoms. The fourth-order valence-corrected chi connectivity index (χ4v) is 5.21. The molecule has 2 aromatic carbocycles. The number of hydrogen-bond donors (Lipinski definition) is 1. The van der Waals surface area contributed by atoms with Crippen molar-refractivity contribution in [2.45, 2.75) is 26.8 Å². The maximum absolute atomic E-state index is 13.6. The first-order valence-corrected chi connectivity index (χ1v) is 13.5. The molecule has 5 aromatic rings. The fraction of sp³-hybridized carbons (Fsp3) is 0.233. The van der Waals surface area contributed by atoms with Crippen LogP contribution in [0.5, 0.6) is 0 Å². The highest BCUT2D eigenvalue weighted by molar-refractivity contribution is 6.33. The third kappa shape index (κ3) is 5.01. The van der Waals surface area contributed by atoms with Crippen LogP contribution in [0.15, 0.2) is 70.1 Å². The second-order valence-electron chi connectivity index (χ2n) is 9.86. The van der Waals surface area contributed by atoms with Gasteiger partial charge in [-0.25, -0.2) is 4.98 Å². The third-order valence-electron chi connectivity index (χ3n) is 7.11. The summed E-state index contributed by atoms with van der Waals surface area (Å²) < 4.78 is 6.71. The zero-order valence-electron chi connectivity index (χ0n) is 22.5. The number of aryl methyl sites for hydroxylation is 2. The van der Waals surface area contributed by atoms with Crippen molar-refractivity contribution in [3.8, 4) is 22.5 Å². The van der Waals surface area contributed by atoms with Gasteiger partial charge >= 0.3 is 0 Å². The minimum absolute atomic E-state index is 0.180. The lowest BCUT2D eigenvalue weighted by molar-refractivity contribution is 0.370. The van der Waals surface area contributed by atoms with E-state index in [1.54, 1.807) is 35.9 Å². The standard InChI is InChI=1S/C30H28ClN7O2/c1-4-38-28-22(15-25(29(38)39)24-10-7-21(16-26(24)31)27-33-18(2)40-36-27)17-32-30(35-28)34-23-8-5-19(6-9-23)20-11-13-37(3)14-12-20/h5-11,15-17H,4,12-14H2,1-3H3,(H,32,34,35). The van der Waals surface area contributed by atoms with Crippen molar-refractivity contribution in [1.82, 2.24) is 29.6 Å². The van der Waals surface area contributed by atoms with Gasteiger partial charge in [0.25, 0.3) is 5.56 Å². The molecule has 40 heavy (non-hydrogen) atoms. The summed E-state index contributed by atoms with van der Waals surface area (Å²) in [6.07, 6.45) is 5.05. The lowest BCUT2D eigenvalue weighted by Crippen LogP contribution is -2.23. The molecule has 0 amide bonds. The van der Waals surface area contributed by atoms with Crippen LogP contribution in [-0.4, -0.2) is 49.7 Å². The lowest BCUT2D eigenvalue weighted by Gasteiger charge is -2.22. The van der Waals surface area contributed by atoms with Gasteiger partial charge in [-0.05, 0) is 55.8 Å². The number of aromatic nitrogens is 5. The van der Waals surface area contributed by atoms with Gasteiger partial charge in [0.15, 0.2) is 0 Å². The topological polar surface area (TPSA) is 102 Å². The van der Waals surface area contributed by atoms with Crippen LogP contribution in [0.1, 0.15) is 24.8 Å². The molecule has 0 aliphatic carbocycles. The van der Waals surface area contributed by atoms with Crippen LogP contribution in [0.4, 0.5) is 11.6 Å². The van der Waals surface area contributed by atoms with E-state index in [4.69, 9.17) is 21.1 Å². The number of nitrogens with zero attached hydrogens (tertiary/aromatic N) is 6. The number of fused-ring (bicyclic) bond motifs is 1. The molecule has 1 aliphatic rings. The van der Waals surface area contributed by atoms with E-state index in [9.17, 15) is 4.79 Å². The third-order valence-corrected chi connectivity index (χ3v) is 7.43. The van der Waals surface area contributed by atoms with Crippen LogP contribution < -0.4 is 10.9 Å². The highest BCUT2D eigenvalue weighted by atomic mass is 35.5. The summed E-state index contributed by atoms with van der Waals surface area (Å²) in [4.78, 5) is 29.4. The van der Waals surface area contributed by atoms with E-state index < -0.39 is 0 Å². The SMILES string of the molecule is CCn1c(=O)c(-c2ccc(-c3noc(C)n3)cc2Cl)cc2cnc(Nc3ccc(C4=CCN(C)CC4)cc3)nc21. The number of hydrogen-bond acceptors (Lipinski definition) is 8. The van der Waals surface area contributed by atoms with Crippen molar-refractivity contribution >= 4 is 39.8 Å². The summed E-state index contributed by atoms with van der Waals surface area (Å²) >= 11 is 6.64. The maximum atomic E-state index is 13.6. The summed E-state index contributed by atoms with van der Waals surface area (Å²) in [5.41, 5.74) is 5.63. The molecule has 0 atom stereocenters. The molecule has 202 valence electrons. The highest BCUT2D eigenvalue weighted by Gasteiger charge is 2.17. The normalized spacial score (nSPS) is 13.9. The molecule has 0 saturated carbocycles. The van der Waals surface area contributed by atoms with Crippen LogP contribution in [0.2, 0.25) is 5.02 Å². The van der Waals surface area contributed by atoms with E-state index in [-0.39, 0.29) is 5.56 Å². The van der Waals surface area contributed by atoms with E-state index in [1.807, 2.05) is 25.1 Å². The van der Waals surface area contributed by atoms with Crippen LogP contribution in [0.25, 0.3) is 39.1 Å². The molecule has 9 nitrogen and oxygen atoms in total. The highest BCUT2D eigenvalue weighted by Crippen LogP contribution is 2.31. The van der Waals surface area contributed by atoms with Gasteiger partial charge < -0.3 is 14.7 Å². The lowest BCUT2D eigenvalue weighted by atomic mass is 9.99. The maximum Gasteiger partial charge on any atom is 0.260 e. The van der Waals surface area contributed by atoms with E-state index in [2.05, 4.69) is 50.6 Å². The Hall–Kier alpha value is -4.34. The smallest absolute Gasteiger partial charge is 0.260 e. The first-order chi connectivity index (χ1) is 19.4. The van der Waals surface area contributed by atoms with E-state index in [0.717, 1.165) is 30.6 Å². The number of halogens is 1. The molecule has 6 rings (SSSR count). The van der Waals surface area contributed by atoms with Gasteiger partial charge in [0.2, 0.25) is 17.7 Å². The molecule has 0 unspecified atom stereocenters. The molecule has 1 N–H and O–H groups in total. The molecule has 0 saturated heterocycles. The Kier molecular flexibility index (Phi) is 6.91. The number of rotatable bonds is 6. The van der Waals surface area contributed by atoms with Crippen molar-refractivity contribution < 1.29 is 4.52 Å². The Labute approximate surface area is 236 Å². The van der Waals surface area contributed by atoms with E-state index >= 15 is 0 Å². The van der Waals surface area contributed by atoms with Crippen molar-refractivity contribution in [2.24, 2.45) is 0 Å². The van der Waals surface area contributed by atoms with Crippen LogP contribution in [-0.2, 0) is 6.54 Å². The number of nitrogens with one attached hydrogen (secondary N) is 1. The van der Waals surface area contributed by atoms with Crippen molar-refractivity contribution in [3.63, 3.8) is 0 Å². The fourth-order valence-electron chi connectivity index (χ4n) is 4.92. The number of likely N-dealkylation sites (N-methyl/N-ethyl adjacent to an activating group) is 1. The minimum atomic E-state index is -0.180. The summed E-state index contributed by atoms with van der Waals surface area (Å²) in [5.74, 6) is 1.33. The van der Waals surface area contributed by atoms with Gasteiger partial charge in [-0.2, -0.15) is 9.97 Å². The average molecular weight is 554 g/mol. The first kappa shape index (κ1) is 25.9. The van der Waals surface area contributed by atoms with Gasteiger partial charge in [0.1, 0.15) is 5.65 Å². The Morgan fingerprint density at radius 2 is 1.85 bits per heavy atom. The largest absolute Gasteiger partial charge is 0.339 e. The molecule has 4 heterocycles. The van der Waals surface area contributed by atoms with Gasteiger partial charge in [-0.15, -0.1) is 0 Å². The Morgan fingerprint density at radius 1 is 1.05 bits per heavy atom. The van der Waals surface area contributed by atoms with Gasteiger partial charge in [-0.3, -0.25) is 9.36 Å².